The number of benzene rings is 2. The Labute approximate surface area is 178 Å². The smallest absolute Gasteiger partial charge is 0.338 e. The average Bonchev–Trinajstić information content (AvgIpc) is 3.40. The Morgan fingerprint density at radius 1 is 1.03 bits per heavy atom. The van der Waals surface area contributed by atoms with Gasteiger partial charge in [0.05, 0.1) is 11.8 Å². The van der Waals surface area contributed by atoms with Crippen molar-refractivity contribution >= 4 is 34.3 Å². The fraction of sp³-hybridized carbons (Fsp3) is 0.125. The Balaban J connectivity index is 1.46. The van der Waals surface area contributed by atoms with Crippen molar-refractivity contribution in [2.45, 2.75) is 13.8 Å². The van der Waals surface area contributed by atoms with E-state index in [0.717, 1.165) is 22.2 Å². The number of aromatic nitrogens is 1. The number of para-hydroxylation sites is 1. The maximum atomic E-state index is 12.7. The van der Waals surface area contributed by atoms with Gasteiger partial charge in [-0.25, -0.2) is 4.79 Å². The van der Waals surface area contributed by atoms with Crippen molar-refractivity contribution < 1.29 is 23.5 Å². The van der Waals surface area contributed by atoms with E-state index in [4.69, 9.17) is 9.15 Å². The van der Waals surface area contributed by atoms with Gasteiger partial charge in [-0.15, -0.1) is 0 Å². The van der Waals surface area contributed by atoms with E-state index in [1.165, 1.54) is 12.3 Å². The lowest BCUT2D eigenvalue weighted by Crippen LogP contribution is -2.16. The fourth-order valence-electron chi connectivity index (χ4n) is 3.40. The van der Waals surface area contributed by atoms with Crippen molar-refractivity contribution in [2.24, 2.45) is 0 Å². The summed E-state index contributed by atoms with van der Waals surface area (Å²) in [5.74, 6) is -1.21. The highest BCUT2D eigenvalue weighted by atomic mass is 16.5. The molecule has 31 heavy (non-hydrogen) atoms. The summed E-state index contributed by atoms with van der Waals surface area (Å²) < 4.78 is 10.3. The van der Waals surface area contributed by atoms with Gasteiger partial charge in [0.1, 0.15) is 0 Å². The highest BCUT2D eigenvalue weighted by Crippen LogP contribution is 2.23. The number of esters is 1. The summed E-state index contributed by atoms with van der Waals surface area (Å²) in [6.07, 6.45) is 1.40. The number of Topliss-reactive ketones (excluding diaryl/α,β-unsaturated/α-hetero) is 1. The molecule has 0 bridgehead atoms. The molecule has 2 aromatic carbocycles. The molecular formula is C24H20N2O5. The number of H-pyrrole nitrogens is 1. The third-order valence-electron chi connectivity index (χ3n) is 4.97. The molecule has 0 atom stereocenters. The number of hydrogen-bond donors (Lipinski definition) is 2. The first-order valence-electron chi connectivity index (χ1n) is 9.67. The maximum Gasteiger partial charge on any atom is 0.338 e. The van der Waals surface area contributed by atoms with Gasteiger partial charge in [-0.05, 0) is 49.7 Å². The van der Waals surface area contributed by atoms with Gasteiger partial charge in [0, 0.05) is 27.8 Å². The third kappa shape index (κ3) is 4.11. The second kappa shape index (κ2) is 8.31. The van der Waals surface area contributed by atoms with Crippen LogP contribution in [0.4, 0.5) is 5.69 Å². The normalized spacial score (nSPS) is 10.8. The summed E-state index contributed by atoms with van der Waals surface area (Å²) in [5, 5.41) is 3.50. The molecule has 0 saturated heterocycles. The minimum Gasteiger partial charge on any atom is -0.459 e. The van der Waals surface area contributed by atoms with Crippen LogP contribution in [0.15, 0.2) is 65.3 Å². The van der Waals surface area contributed by atoms with Crippen LogP contribution in [0.3, 0.4) is 0 Å². The number of carbonyl (C=O) groups excluding carboxylic acids is 3. The Hall–Kier alpha value is -4.13. The zero-order chi connectivity index (χ0) is 22.0. The molecule has 0 unspecified atom stereocenters. The van der Waals surface area contributed by atoms with Crippen LogP contribution in [-0.4, -0.2) is 29.3 Å². The zero-order valence-electron chi connectivity index (χ0n) is 17.0. The number of hydrogen-bond acceptors (Lipinski definition) is 5. The molecule has 0 saturated carbocycles. The summed E-state index contributed by atoms with van der Waals surface area (Å²) in [6, 6.07) is 15.4. The van der Waals surface area contributed by atoms with Crippen molar-refractivity contribution in [3.05, 3.63) is 89.0 Å². The molecule has 0 fully saturated rings. The van der Waals surface area contributed by atoms with Gasteiger partial charge in [-0.1, -0.05) is 24.3 Å². The molecule has 156 valence electrons. The lowest BCUT2D eigenvalue weighted by Gasteiger charge is -2.10. The van der Waals surface area contributed by atoms with Crippen LogP contribution in [0.5, 0.6) is 0 Å². The van der Waals surface area contributed by atoms with Gasteiger partial charge < -0.3 is 19.5 Å². The zero-order valence-corrected chi connectivity index (χ0v) is 17.0. The summed E-state index contributed by atoms with van der Waals surface area (Å²) in [4.78, 5) is 40.6. The number of carbonyl (C=O) groups is 3. The van der Waals surface area contributed by atoms with Gasteiger partial charge in [0.25, 0.3) is 5.91 Å². The van der Waals surface area contributed by atoms with Crippen molar-refractivity contribution in [1.29, 1.82) is 0 Å². The Morgan fingerprint density at radius 2 is 1.84 bits per heavy atom. The second-order valence-corrected chi connectivity index (χ2v) is 7.13. The number of aryl methyl sites for hydroxylation is 2. The number of ether oxygens (including phenoxy) is 1. The number of ketones is 1. The highest BCUT2D eigenvalue weighted by molar-refractivity contribution is 6.10. The first-order chi connectivity index (χ1) is 14.9. The minimum absolute atomic E-state index is 0.159. The Kier molecular flexibility index (Phi) is 5.41. The predicted octanol–water partition coefficient (Wildman–Crippen LogP) is 4.67. The van der Waals surface area contributed by atoms with Crippen molar-refractivity contribution in [2.75, 3.05) is 11.9 Å². The average molecular weight is 416 g/mol. The SMILES string of the molecule is Cc1ccc(C(=O)OCC(=O)c2c(C)[nH]c3ccccc23)cc1NC(=O)c1ccco1. The molecule has 0 spiro atoms. The van der Waals surface area contributed by atoms with E-state index in [1.807, 2.05) is 31.2 Å². The number of furan rings is 1. The maximum absolute atomic E-state index is 12.7. The lowest BCUT2D eigenvalue weighted by molar-refractivity contribution is 0.0475. The Bertz CT molecular complexity index is 1280. The highest BCUT2D eigenvalue weighted by Gasteiger charge is 2.19. The monoisotopic (exact) mass is 416 g/mol. The van der Waals surface area contributed by atoms with Gasteiger partial charge >= 0.3 is 5.97 Å². The van der Waals surface area contributed by atoms with Crippen LogP contribution in [-0.2, 0) is 4.74 Å². The summed E-state index contributed by atoms with van der Waals surface area (Å²) in [5.41, 5.74) is 3.53. The van der Waals surface area contributed by atoms with E-state index in [1.54, 1.807) is 31.2 Å². The largest absolute Gasteiger partial charge is 0.459 e. The first kappa shape index (κ1) is 20.2. The number of nitrogens with one attached hydrogen (secondary N) is 2. The lowest BCUT2D eigenvalue weighted by atomic mass is 10.1. The van der Waals surface area contributed by atoms with Crippen molar-refractivity contribution in [1.82, 2.24) is 4.98 Å². The molecule has 7 nitrogen and oxygen atoms in total. The van der Waals surface area contributed by atoms with Crippen LogP contribution in [0.2, 0.25) is 0 Å². The Morgan fingerprint density at radius 3 is 2.61 bits per heavy atom. The number of fused-ring (bicyclic) bond motifs is 1. The topological polar surface area (TPSA) is 101 Å². The third-order valence-corrected chi connectivity index (χ3v) is 4.97. The number of amides is 1. The molecule has 0 radical (unpaired) electrons. The van der Waals surface area contributed by atoms with Crippen LogP contribution in [0, 0.1) is 13.8 Å². The summed E-state index contributed by atoms with van der Waals surface area (Å²) in [6.45, 7) is 3.22. The molecule has 2 aromatic heterocycles. The molecular weight excluding hydrogens is 396 g/mol. The molecule has 0 aliphatic heterocycles. The minimum atomic E-state index is -0.653. The fourth-order valence-corrected chi connectivity index (χ4v) is 3.40. The van der Waals surface area contributed by atoms with E-state index < -0.39 is 11.9 Å². The predicted molar refractivity (Wildman–Crippen MR) is 115 cm³/mol. The van der Waals surface area contributed by atoms with E-state index >= 15 is 0 Å². The summed E-state index contributed by atoms with van der Waals surface area (Å²) in [7, 11) is 0. The van der Waals surface area contributed by atoms with E-state index in [9.17, 15) is 14.4 Å². The van der Waals surface area contributed by atoms with Crippen molar-refractivity contribution in [3.8, 4) is 0 Å². The second-order valence-electron chi connectivity index (χ2n) is 7.13. The molecule has 4 aromatic rings. The quantitative estimate of drug-likeness (QED) is 0.351. The van der Waals surface area contributed by atoms with E-state index in [0.29, 0.717) is 11.3 Å². The molecule has 2 N–H and O–H groups in total. The molecule has 0 aliphatic rings. The number of rotatable bonds is 6. The molecule has 0 aliphatic carbocycles. The van der Waals surface area contributed by atoms with Gasteiger partial charge in [0.2, 0.25) is 5.78 Å². The number of aromatic amines is 1. The van der Waals surface area contributed by atoms with Crippen LogP contribution in [0.25, 0.3) is 10.9 Å². The van der Waals surface area contributed by atoms with Crippen molar-refractivity contribution in [3.63, 3.8) is 0 Å². The van der Waals surface area contributed by atoms with Gasteiger partial charge in [-0.3, -0.25) is 9.59 Å². The van der Waals surface area contributed by atoms with Crippen LogP contribution >= 0.6 is 0 Å². The molecule has 1 amide bonds. The molecule has 4 rings (SSSR count). The first-order valence-corrected chi connectivity index (χ1v) is 9.67. The molecule has 7 heteroatoms. The molecule has 2 heterocycles. The summed E-state index contributed by atoms with van der Waals surface area (Å²) >= 11 is 0. The standard InChI is InChI=1S/C24H20N2O5/c1-14-9-10-16(12-19(14)26-23(28)21-8-5-11-30-21)24(29)31-13-20(27)22-15(2)25-18-7-4-3-6-17(18)22/h3-12,25H,13H2,1-2H3,(H,26,28). The van der Waals surface area contributed by atoms with E-state index in [2.05, 4.69) is 10.3 Å². The number of anilines is 1. The van der Waals surface area contributed by atoms with E-state index in [-0.39, 0.29) is 23.7 Å². The van der Waals surface area contributed by atoms with Crippen LogP contribution < -0.4 is 5.32 Å². The van der Waals surface area contributed by atoms with Gasteiger partial charge in [-0.2, -0.15) is 0 Å². The van der Waals surface area contributed by atoms with Crippen LogP contribution in [0.1, 0.15) is 42.5 Å². The van der Waals surface area contributed by atoms with Gasteiger partial charge in [0.15, 0.2) is 12.4 Å².